The molecule has 1 saturated carbocycles. The van der Waals surface area contributed by atoms with Crippen LogP contribution in [0.25, 0.3) is 10.9 Å². The molecule has 1 aliphatic rings. The van der Waals surface area contributed by atoms with Gasteiger partial charge in [0.25, 0.3) is 0 Å². The largest absolute Gasteiger partial charge is 0.367 e. The maximum Gasteiger partial charge on any atom is 0.224 e. The number of nitrogens with one attached hydrogen (secondary N) is 1. The first-order valence-electron chi connectivity index (χ1n) is 5.12. The van der Waals surface area contributed by atoms with Gasteiger partial charge in [0.1, 0.15) is 5.82 Å². The number of nitrogens with zero attached hydrogens (tertiary/aromatic N) is 2. The molecule has 1 aliphatic carbocycles. The van der Waals surface area contributed by atoms with Crippen molar-refractivity contribution < 1.29 is 0 Å². The van der Waals surface area contributed by atoms with Crippen molar-refractivity contribution in [3.63, 3.8) is 0 Å². The summed E-state index contributed by atoms with van der Waals surface area (Å²) >= 11 is 12.0. The van der Waals surface area contributed by atoms with E-state index in [1.165, 1.54) is 12.8 Å². The Kier molecular flexibility index (Phi) is 2.37. The number of aromatic nitrogens is 2. The highest BCUT2D eigenvalue weighted by Gasteiger charge is 2.22. The highest BCUT2D eigenvalue weighted by atomic mass is 35.5. The summed E-state index contributed by atoms with van der Waals surface area (Å²) in [6, 6.07) is 6.16. The van der Waals surface area contributed by atoms with E-state index >= 15 is 0 Å². The highest BCUT2D eigenvalue weighted by Crippen LogP contribution is 2.31. The number of para-hydroxylation sites is 1. The van der Waals surface area contributed by atoms with Gasteiger partial charge in [0.2, 0.25) is 5.28 Å². The van der Waals surface area contributed by atoms with Gasteiger partial charge in [-0.2, -0.15) is 0 Å². The maximum atomic E-state index is 6.08. The minimum atomic E-state index is 0.226. The maximum absolute atomic E-state index is 6.08. The summed E-state index contributed by atoms with van der Waals surface area (Å²) in [5, 5.41) is 5.08. The third-order valence-electron chi connectivity index (χ3n) is 2.57. The lowest BCUT2D eigenvalue weighted by Crippen LogP contribution is -2.04. The van der Waals surface area contributed by atoms with Crippen molar-refractivity contribution in [2.24, 2.45) is 0 Å². The number of halogens is 2. The van der Waals surface area contributed by atoms with E-state index in [2.05, 4.69) is 15.3 Å². The van der Waals surface area contributed by atoms with Crippen molar-refractivity contribution in [2.45, 2.75) is 18.9 Å². The molecule has 3 rings (SSSR count). The van der Waals surface area contributed by atoms with Gasteiger partial charge in [-0.1, -0.05) is 17.7 Å². The Labute approximate surface area is 103 Å². The van der Waals surface area contributed by atoms with E-state index in [0.717, 1.165) is 11.2 Å². The Hall–Kier alpha value is -1.06. The van der Waals surface area contributed by atoms with Crippen LogP contribution in [-0.4, -0.2) is 16.0 Å². The first-order valence-corrected chi connectivity index (χ1v) is 5.88. The van der Waals surface area contributed by atoms with Crippen LogP contribution in [0, 0.1) is 0 Å². The topological polar surface area (TPSA) is 37.8 Å². The van der Waals surface area contributed by atoms with Gasteiger partial charge in [0.05, 0.1) is 10.5 Å². The van der Waals surface area contributed by atoms with Crippen LogP contribution in [0.5, 0.6) is 0 Å². The summed E-state index contributed by atoms with van der Waals surface area (Å²) in [6.45, 7) is 0. The van der Waals surface area contributed by atoms with Crippen molar-refractivity contribution in [3.05, 3.63) is 28.5 Å². The Morgan fingerprint density at radius 3 is 2.75 bits per heavy atom. The molecule has 1 aromatic carbocycles. The first kappa shape index (κ1) is 10.1. The molecule has 0 radical (unpaired) electrons. The van der Waals surface area contributed by atoms with Crippen molar-refractivity contribution in [2.75, 3.05) is 5.32 Å². The van der Waals surface area contributed by atoms with E-state index in [9.17, 15) is 0 Å². The van der Waals surface area contributed by atoms with Crippen LogP contribution < -0.4 is 5.32 Å². The summed E-state index contributed by atoms with van der Waals surface area (Å²) < 4.78 is 0. The molecular formula is C11H9Cl2N3. The number of hydrogen-bond acceptors (Lipinski definition) is 3. The molecule has 0 saturated heterocycles. The molecule has 0 spiro atoms. The van der Waals surface area contributed by atoms with Gasteiger partial charge in [0.15, 0.2) is 0 Å². The fraction of sp³-hybridized carbons (Fsp3) is 0.273. The molecule has 1 aromatic heterocycles. The molecule has 1 heterocycles. The molecule has 0 atom stereocenters. The first-order chi connectivity index (χ1) is 7.74. The summed E-state index contributed by atoms with van der Waals surface area (Å²) in [7, 11) is 0. The Morgan fingerprint density at radius 1 is 1.19 bits per heavy atom. The lowest BCUT2D eigenvalue weighted by molar-refractivity contribution is 1.10. The molecule has 0 bridgehead atoms. The molecule has 0 aliphatic heterocycles. The predicted octanol–water partition coefficient (Wildman–Crippen LogP) is 3.51. The van der Waals surface area contributed by atoms with E-state index in [1.807, 2.05) is 12.1 Å². The number of hydrogen-bond donors (Lipinski definition) is 1. The molecule has 2 aromatic rings. The number of anilines is 1. The second kappa shape index (κ2) is 3.75. The van der Waals surface area contributed by atoms with E-state index in [4.69, 9.17) is 23.2 Å². The zero-order chi connectivity index (χ0) is 11.1. The average molecular weight is 254 g/mol. The minimum absolute atomic E-state index is 0.226. The van der Waals surface area contributed by atoms with E-state index < -0.39 is 0 Å². The number of benzene rings is 1. The zero-order valence-electron chi connectivity index (χ0n) is 8.37. The van der Waals surface area contributed by atoms with E-state index in [-0.39, 0.29) is 5.28 Å². The fourth-order valence-electron chi connectivity index (χ4n) is 1.62. The second-order valence-electron chi connectivity index (χ2n) is 3.90. The summed E-state index contributed by atoms with van der Waals surface area (Å²) in [5.41, 5.74) is 0.701. The van der Waals surface area contributed by atoms with Gasteiger partial charge in [-0.15, -0.1) is 0 Å². The summed E-state index contributed by atoms with van der Waals surface area (Å²) in [4.78, 5) is 8.35. The lowest BCUT2D eigenvalue weighted by atomic mass is 10.2. The van der Waals surface area contributed by atoms with Crippen molar-refractivity contribution in [1.29, 1.82) is 0 Å². The SMILES string of the molecule is Clc1nc(NC2CC2)c2cccc(Cl)c2n1. The monoisotopic (exact) mass is 253 g/mol. The zero-order valence-corrected chi connectivity index (χ0v) is 9.89. The van der Waals surface area contributed by atoms with Gasteiger partial charge in [-0.3, -0.25) is 0 Å². The van der Waals surface area contributed by atoms with Gasteiger partial charge < -0.3 is 5.32 Å². The van der Waals surface area contributed by atoms with Crippen molar-refractivity contribution in [1.82, 2.24) is 9.97 Å². The average Bonchev–Trinajstić information content (AvgIpc) is 3.03. The smallest absolute Gasteiger partial charge is 0.224 e. The molecule has 5 heteroatoms. The number of rotatable bonds is 2. The van der Waals surface area contributed by atoms with Gasteiger partial charge in [0, 0.05) is 11.4 Å². The van der Waals surface area contributed by atoms with Crippen LogP contribution in [0.15, 0.2) is 18.2 Å². The third-order valence-corrected chi connectivity index (χ3v) is 3.04. The quantitative estimate of drug-likeness (QED) is 0.833. The molecule has 1 N–H and O–H groups in total. The van der Waals surface area contributed by atoms with Crippen LogP contribution >= 0.6 is 23.2 Å². The van der Waals surface area contributed by atoms with Crippen molar-refractivity contribution >= 4 is 39.9 Å². The minimum Gasteiger partial charge on any atom is -0.367 e. The van der Waals surface area contributed by atoms with Gasteiger partial charge in [-0.05, 0) is 36.6 Å². The molecular weight excluding hydrogens is 245 g/mol. The third kappa shape index (κ3) is 1.81. The van der Waals surface area contributed by atoms with Crippen LogP contribution in [0.2, 0.25) is 10.3 Å². The molecule has 16 heavy (non-hydrogen) atoms. The highest BCUT2D eigenvalue weighted by molar-refractivity contribution is 6.36. The summed E-state index contributed by atoms with van der Waals surface area (Å²) in [6.07, 6.45) is 2.37. The predicted molar refractivity (Wildman–Crippen MR) is 66.2 cm³/mol. The van der Waals surface area contributed by atoms with E-state index in [1.54, 1.807) is 6.07 Å². The Morgan fingerprint density at radius 2 is 2.00 bits per heavy atom. The molecule has 0 amide bonds. The Balaban J connectivity index is 2.20. The standard InChI is InChI=1S/C11H9Cl2N3/c12-8-3-1-2-7-9(8)15-11(13)16-10(7)14-6-4-5-6/h1-3,6H,4-5H2,(H,14,15,16). The lowest BCUT2D eigenvalue weighted by Gasteiger charge is -2.08. The normalized spacial score (nSPS) is 15.4. The Bertz CT molecular complexity index is 552. The van der Waals surface area contributed by atoms with Crippen LogP contribution in [0.1, 0.15) is 12.8 Å². The van der Waals surface area contributed by atoms with Crippen LogP contribution in [-0.2, 0) is 0 Å². The van der Waals surface area contributed by atoms with Gasteiger partial charge in [-0.25, -0.2) is 9.97 Å². The molecule has 0 unspecified atom stereocenters. The van der Waals surface area contributed by atoms with E-state index in [0.29, 0.717) is 16.6 Å². The molecule has 1 fully saturated rings. The summed E-state index contributed by atoms with van der Waals surface area (Å²) in [5.74, 6) is 0.778. The molecule has 82 valence electrons. The van der Waals surface area contributed by atoms with Gasteiger partial charge >= 0.3 is 0 Å². The van der Waals surface area contributed by atoms with Crippen LogP contribution in [0.4, 0.5) is 5.82 Å². The fourth-order valence-corrected chi connectivity index (χ4v) is 2.01. The second-order valence-corrected chi connectivity index (χ2v) is 4.64. The van der Waals surface area contributed by atoms with Crippen molar-refractivity contribution in [3.8, 4) is 0 Å². The molecule has 3 nitrogen and oxygen atoms in total. The van der Waals surface area contributed by atoms with Crippen LogP contribution in [0.3, 0.4) is 0 Å². The number of fused-ring (bicyclic) bond motifs is 1.